The zero-order chi connectivity index (χ0) is 15.4. The number of nitrogens with zero attached hydrogens (tertiary/aromatic N) is 1. The van der Waals surface area contributed by atoms with Gasteiger partial charge in [0.25, 0.3) is 5.91 Å². The lowest BCUT2D eigenvalue weighted by Crippen LogP contribution is -2.22. The van der Waals surface area contributed by atoms with Crippen molar-refractivity contribution in [2.75, 3.05) is 0 Å². The molecule has 3 rings (SSSR count). The first kappa shape index (κ1) is 14.8. The molecule has 0 saturated heterocycles. The Morgan fingerprint density at radius 2 is 1.91 bits per heavy atom. The molecule has 1 atom stereocenters. The molecule has 0 bridgehead atoms. The van der Waals surface area contributed by atoms with Crippen molar-refractivity contribution in [3.8, 4) is 0 Å². The van der Waals surface area contributed by atoms with Gasteiger partial charge in [0.05, 0.1) is 0 Å². The van der Waals surface area contributed by atoms with Crippen LogP contribution in [-0.4, -0.2) is 10.5 Å². The van der Waals surface area contributed by atoms with Crippen LogP contribution in [0, 0.1) is 0 Å². The molecule has 1 aliphatic rings. The van der Waals surface area contributed by atoms with Crippen molar-refractivity contribution in [3.05, 3.63) is 71.3 Å². The Morgan fingerprint density at radius 3 is 2.55 bits per heavy atom. The number of rotatable bonds is 4. The highest BCUT2D eigenvalue weighted by Gasteiger charge is 2.21. The van der Waals surface area contributed by atoms with E-state index in [1.54, 1.807) is 0 Å². The summed E-state index contributed by atoms with van der Waals surface area (Å²) in [6.45, 7) is 0.522. The van der Waals surface area contributed by atoms with Crippen LogP contribution in [0.4, 0.5) is 0 Å². The topological polar surface area (TPSA) is 50.7 Å². The normalized spacial score (nSPS) is 16.8. The quantitative estimate of drug-likeness (QED) is 0.903. The summed E-state index contributed by atoms with van der Waals surface area (Å²) in [5.74, 6) is -0.0832. The number of nitrogens with one attached hydrogen (secondary N) is 1. The first-order valence-electron chi connectivity index (χ1n) is 7.02. The van der Waals surface area contributed by atoms with Gasteiger partial charge in [0.15, 0.2) is 6.10 Å². The molecule has 0 spiro atoms. The number of hydrogen-bond acceptors (Lipinski definition) is 3. The molecule has 1 aliphatic heterocycles. The Hall–Kier alpha value is -2.14. The number of hydrogen-bond donors (Lipinski definition) is 1. The Kier molecular flexibility index (Phi) is 4.53. The van der Waals surface area contributed by atoms with Crippen LogP contribution in [0.25, 0.3) is 0 Å². The maximum absolute atomic E-state index is 12.1. The summed E-state index contributed by atoms with van der Waals surface area (Å²) in [7, 11) is 0. The molecular formula is C17H15BrN2O2. The van der Waals surface area contributed by atoms with E-state index in [0.29, 0.717) is 12.1 Å². The monoisotopic (exact) mass is 358 g/mol. The van der Waals surface area contributed by atoms with Crippen molar-refractivity contribution in [2.24, 2.45) is 5.16 Å². The molecule has 0 aromatic heterocycles. The third-order valence-corrected chi connectivity index (χ3v) is 3.94. The van der Waals surface area contributed by atoms with Crippen molar-refractivity contribution in [2.45, 2.75) is 19.1 Å². The molecule has 2 aromatic carbocycles. The highest BCUT2D eigenvalue weighted by molar-refractivity contribution is 9.18. The molecule has 1 N–H and O–H groups in total. The minimum Gasteiger partial charge on any atom is -0.386 e. The zero-order valence-corrected chi connectivity index (χ0v) is 13.4. The van der Waals surface area contributed by atoms with Crippen molar-refractivity contribution >= 4 is 26.5 Å². The van der Waals surface area contributed by atoms with Crippen molar-refractivity contribution in [1.29, 1.82) is 0 Å². The molecule has 4 nitrogen and oxygen atoms in total. The summed E-state index contributed by atoms with van der Waals surface area (Å²) >= 11 is 3.32. The summed E-state index contributed by atoms with van der Waals surface area (Å²) in [5, 5.41) is 6.78. The van der Waals surface area contributed by atoms with Gasteiger partial charge in [-0.2, -0.15) is 0 Å². The van der Waals surface area contributed by atoms with Crippen LogP contribution in [0.3, 0.4) is 0 Å². The lowest BCUT2D eigenvalue weighted by molar-refractivity contribution is 0.0856. The predicted molar refractivity (Wildman–Crippen MR) is 88.9 cm³/mol. The molecule has 0 radical (unpaired) electrons. The number of amides is 1. The average Bonchev–Trinajstić information content (AvgIpc) is 3.00. The van der Waals surface area contributed by atoms with Gasteiger partial charge in [-0.05, 0) is 39.2 Å². The van der Waals surface area contributed by atoms with Gasteiger partial charge < -0.3 is 10.2 Å². The van der Waals surface area contributed by atoms with Crippen molar-refractivity contribution in [1.82, 2.24) is 5.32 Å². The van der Waals surface area contributed by atoms with Gasteiger partial charge >= 0.3 is 0 Å². The molecule has 22 heavy (non-hydrogen) atoms. The second kappa shape index (κ2) is 6.75. The molecule has 0 saturated carbocycles. The Morgan fingerprint density at radius 1 is 1.18 bits per heavy atom. The fraction of sp³-hybridized carbons (Fsp3) is 0.176. The summed E-state index contributed by atoms with van der Waals surface area (Å²) in [4.78, 5) is 17.4. The summed E-state index contributed by atoms with van der Waals surface area (Å²) in [5.41, 5.74) is 2.73. The van der Waals surface area contributed by atoms with Crippen molar-refractivity contribution in [3.63, 3.8) is 0 Å². The highest BCUT2D eigenvalue weighted by atomic mass is 79.9. The zero-order valence-electron chi connectivity index (χ0n) is 11.8. The molecule has 0 aliphatic carbocycles. The van der Waals surface area contributed by atoms with Crippen LogP contribution in [0.15, 0.2) is 59.8 Å². The Labute approximate surface area is 137 Å². The van der Waals surface area contributed by atoms with Gasteiger partial charge in [0.1, 0.15) is 4.62 Å². The number of halogens is 1. The third-order valence-electron chi connectivity index (χ3n) is 3.47. The summed E-state index contributed by atoms with van der Waals surface area (Å²) in [6, 6.07) is 17.3. The second-order valence-electron chi connectivity index (χ2n) is 5.06. The molecule has 112 valence electrons. The van der Waals surface area contributed by atoms with E-state index in [0.717, 1.165) is 22.2 Å². The average molecular weight is 359 g/mol. The molecule has 0 fully saturated rings. The van der Waals surface area contributed by atoms with Gasteiger partial charge in [-0.15, -0.1) is 0 Å². The van der Waals surface area contributed by atoms with Gasteiger partial charge in [0.2, 0.25) is 0 Å². The van der Waals surface area contributed by atoms with Crippen LogP contribution in [0.2, 0.25) is 0 Å². The standard InChI is InChI=1S/C17H15BrN2O2/c18-16-10-15(22-20-16)13-6-8-14(9-7-13)17(21)19-11-12-4-2-1-3-5-12/h1-9,15H,10-11H2,(H,19,21)/t15-/m0/s1. The van der Waals surface area contributed by atoms with E-state index in [-0.39, 0.29) is 12.0 Å². The maximum Gasteiger partial charge on any atom is 0.251 e. The second-order valence-corrected chi connectivity index (χ2v) is 5.97. The number of oxime groups is 1. The van der Waals surface area contributed by atoms with Crippen LogP contribution in [-0.2, 0) is 11.4 Å². The van der Waals surface area contributed by atoms with Crippen LogP contribution in [0.1, 0.15) is 34.0 Å². The maximum atomic E-state index is 12.1. The van der Waals surface area contributed by atoms with E-state index >= 15 is 0 Å². The Balaban J connectivity index is 1.59. The Bertz CT molecular complexity index is 684. The predicted octanol–water partition coefficient (Wildman–Crippen LogP) is 3.79. The van der Waals surface area contributed by atoms with Gasteiger partial charge in [-0.25, -0.2) is 0 Å². The number of carbonyl (C=O) groups excluding carboxylic acids is 1. The lowest BCUT2D eigenvalue weighted by atomic mass is 10.0. The van der Waals surface area contributed by atoms with E-state index in [1.165, 1.54) is 0 Å². The van der Waals surface area contributed by atoms with Crippen LogP contribution < -0.4 is 5.32 Å². The van der Waals surface area contributed by atoms with Crippen LogP contribution >= 0.6 is 15.9 Å². The van der Waals surface area contributed by atoms with Crippen LogP contribution in [0.5, 0.6) is 0 Å². The lowest BCUT2D eigenvalue weighted by Gasteiger charge is -2.09. The molecule has 1 amide bonds. The SMILES string of the molecule is O=C(NCc1ccccc1)c1ccc([C@@H]2CC(Br)=NO2)cc1. The van der Waals surface area contributed by atoms with Gasteiger partial charge in [0, 0.05) is 18.5 Å². The molecular weight excluding hydrogens is 344 g/mol. The van der Waals surface area contributed by atoms with E-state index < -0.39 is 0 Å². The highest BCUT2D eigenvalue weighted by Crippen LogP contribution is 2.28. The minimum atomic E-state index is -0.0832. The summed E-state index contributed by atoms with van der Waals surface area (Å²) in [6.07, 6.45) is 0.648. The smallest absolute Gasteiger partial charge is 0.251 e. The van der Waals surface area contributed by atoms with Gasteiger partial charge in [-0.3, -0.25) is 4.79 Å². The fourth-order valence-electron chi connectivity index (χ4n) is 2.26. The van der Waals surface area contributed by atoms with E-state index in [9.17, 15) is 4.79 Å². The summed E-state index contributed by atoms with van der Waals surface area (Å²) < 4.78 is 0.808. The van der Waals surface area contributed by atoms with Crippen molar-refractivity contribution < 1.29 is 9.63 Å². The van der Waals surface area contributed by atoms with E-state index in [4.69, 9.17) is 4.84 Å². The van der Waals surface area contributed by atoms with E-state index in [1.807, 2.05) is 54.6 Å². The number of carbonyl (C=O) groups is 1. The first-order valence-corrected chi connectivity index (χ1v) is 7.82. The van der Waals surface area contributed by atoms with Gasteiger partial charge in [-0.1, -0.05) is 47.6 Å². The first-order chi connectivity index (χ1) is 10.7. The van der Waals surface area contributed by atoms with E-state index in [2.05, 4.69) is 26.4 Å². The third kappa shape index (κ3) is 3.54. The largest absolute Gasteiger partial charge is 0.386 e. The molecule has 1 heterocycles. The minimum absolute atomic E-state index is 0.0733. The fourth-order valence-corrected chi connectivity index (χ4v) is 2.63. The molecule has 2 aromatic rings. The molecule has 5 heteroatoms. The molecule has 0 unspecified atom stereocenters. The number of benzene rings is 2.